The van der Waals surface area contributed by atoms with Crippen LogP contribution in [0, 0.1) is 0 Å². The van der Waals surface area contributed by atoms with E-state index in [4.69, 9.17) is 9.72 Å². The Balaban J connectivity index is 1.88. The van der Waals surface area contributed by atoms with Crippen LogP contribution in [-0.4, -0.2) is 34.3 Å². The number of hydrogen-bond acceptors (Lipinski definition) is 4. The van der Waals surface area contributed by atoms with E-state index in [9.17, 15) is 9.59 Å². The lowest BCUT2D eigenvalue weighted by molar-refractivity contribution is -0.142. The van der Waals surface area contributed by atoms with Crippen molar-refractivity contribution in [3.05, 3.63) is 83.6 Å². The highest BCUT2D eigenvalue weighted by atomic mass is 16.5. The molecule has 0 aliphatic carbocycles. The first-order valence-electron chi connectivity index (χ1n) is 11.0. The second-order valence-electron chi connectivity index (χ2n) is 9.40. The number of amides is 2. The van der Waals surface area contributed by atoms with Crippen molar-refractivity contribution < 1.29 is 14.3 Å². The zero-order valence-electron chi connectivity index (χ0n) is 19.7. The number of aromatic nitrogens is 1. The van der Waals surface area contributed by atoms with Crippen LogP contribution in [0.4, 0.5) is 0 Å². The van der Waals surface area contributed by atoms with Gasteiger partial charge in [-0.3, -0.25) is 9.59 Å². The zero-order chi connectivity index (χ0) is 23.8. The minimum absolute atomic E-state index is 0.220. The number of fused-ring (bicyclic) bond motifs is 1. The fraction of sp³-hybridized carbons (Fsp3) is 0.296. The number of methoxy groups -OCH3 is 1. The first-order chi connectivity index (χ1) is 15.6. The van der Waals surface area contributed by atoms with Gasteiger partial charge in [0, 0.05) is 23.5 Å². The molecule has 0 saturated carbocycles. The summed E-state index contributed by atoms with van der Waals surface area (Å²) in [6, 6.07) is 19.1. The highest BCUT2D eigenvalue weighted by molar-refractivity contribution is 6.04. The van der Waals surface area contributed by atoms with Gasteiger partial charge in [0.15, 0.2) is 5.54 Å². The molecular formula is C27H29N3O3. The van der Waals surface area contributed by atoms with Crippen molar-refractivity contribution in [3.8, 4) is 5.75 Å². The van der Waals surface area contributed by atoms with Crippen molar-refractivity contribution in [1.29, 1.82) is 0 Å². The van der Waals surface area contributed by atoms with Gasteiger partial charge in [-0.25, -0.2) is 4.98 Å². The molecule has 1 aromatic heterocycles. The number of nitrogens with one attached hydrogen (secondary N) is 1. The average Bonchev–Trinajstić information content (AvgIpc) is 3.02. The van der Waals surface area contributed by atoms with E-state index in [0.717, 1.165) is 22.2 Å². The monoisotopic (exact) mass is 443 g/mol. The maximum Gasteiger partial charge on any atom is 0.257 e. The fourth-order valence-corrected chi connectivity index (χ4v) is 4.31. The topological polar surface area (TPSA) is 71.5 Å². The van der Waals surface area contributed by atoms with E-state index in [2.05, 4.69) is 5.32 Å². The van der Waals surface area contributed by atoms with Crippen LogP contribution < -0.4 is 10.1 Å². The van der Waals surface area contributed by atoms with Gasteiger partial charge in [0.25, 0.3) is 5.91 Å². The molecule has 2 amide bonds. The normalized spacial score (nSPS) is 18.4. The third kappa shape index (κ3) is 4.09. The van der Waals surface area contributed by atoms with Gasteiger partial charge >= 0.3 is 0 Å². The van der Waals surface area contributed by atoms with Crippen molar-refractivity contribution in [2.75, 3.05) is 7.11 Å². The SMILES string of the molecule is COc1ccc(CN2C(=O)C=C(C)C2(C(=O)NC(C)(C)C)c2ccc3ccccc3n2)cc1. The molecule has 6 heteroatoms. The molecule has 2 aromatic carbocycles. The van der Waals surface area contributed by atoms with Crippen LogP contribution >= 0.6 is 0 Å². The Bertz CT molecular complexity index is 1240. The van der Waals surface area contributed by atoms with E-state index in [1.807, 2.05) is 88.4 Å². The maximum absolute atomic E-state index is 14.0. The van der Waals surface area contributed by atoms with Gasteiger partial charge in [-0.05, 0) is 63.1 Å². The molecule has 33 heavy (non-hydrogen) atoms. The standard InChI is InChI=1S/C27H29N3O3/c1-18-16-24(31)30(17-19-10-13-21(33-5)14-11-19)27(18,25(32)29-26(2,3)4)23-15-12-20-8-6-7-9-22(20)28-23/h6-16H,17H2,1-5H3,(H,29,32). The largest absolute Gasteiger partial charge is 0.497 e. The molecule has 0 spiro atoms. The minimum atomic E-state index is -1.35. The van der Waals surface area contributed by atoms with Gasteiger partial charge < -0.3 is 15.0 Å². The lowest BCUT2D eigenvalue weighted by atomic mass is 9.84. The molecule has 1 N–H and O–H groups in total. The molecule has 0 radical (unpaired) electrons. The highest BCUT2D eigenvalue weighted by Gasteiger charge is 2.54. The van der Waals surface area contributed by atoms with Crippen molar-refractivity contribution >= 4 is 22.7 Å². The minimum Gasteiger partial charge on any atom is -0.497 e. The van der Waals surface area contributed by atoms with Crippen LogP contribution in [0.5, 0.6) is 5.75 Å². The van der Waals surface area contributed by atoms with Crippen LogP contribution in [0.15, 0.2) is 72.3 Å². The number of nitrogens with zero attached hydrogens (tertiary/aromatic N) is 2. The van der Waals surface area contributed by atoms with Gasteiger partial charge in [-0.1, -0.05) is 36.4 Å². The molecule has 1 unspecified atom stereocenters. The molecule has 0 fully saturated rings. The Morgan fingerprint density at radius 3 is 2.42 bits per heavy atom. The van der Waals surface area contributed by atoms with E-state index in [0.29, 0.717) is 11.3 Å². The number of benzene rings is 2. The van der Waals surface area contributed by atoms with E-state index in [1.54, 1.807) is 18.1 Å². The van der Waals surface area contributed by atoms with Gasteiger partial charge in [-0.2, -0.15) is 0 Å². The number of hydrogen-bond donors (Lipinski definition) is 1. The number of rotatable bonds is 5. The zero-order valence-corrected chi connectivity index (χ0v) is 19.7. The van der Waals surface area contributed by atoms with Crippen LogP contribution in [0.1, 0.15) is 39.0 Å². The third-order valence-corrected chi connectivity index (χ3v) is 5.87. The number of ether oxygens (including phenoxy) is 1. The smallest absolute Gasteiger partial charge is 0.257 e. The summed E-state index contributed by atoms with van der Waals surface area (Å²) in [6.45, 7) is 7.86. The second kappa shape index (κ2) is 8.35. The summed E-state index contributed by atoms with van der Waals surface area (Å²) in [6.07, 6.45) is 1.54. The molecule has 170 valence electrons. The van der Waals surface area contributed by atoms with E-state index in [1.165, 1.54) is 0 Å². The van der Waals surface area contributed by atoms with Crippen molar-refractivity contribution in [3.63, 3.8) is 0 Å². The maximum atomic E-state index is 14.0. The molecule has 1 aliphatic rings. The van der Waals surface area contributed by atoms with Crippen LogP contribution in [-0.2, 0) is 21.7 Å². The second-order valence-corrected chi connectivity index (χ2v) is 9.40. The number of carbonyl (C=O) groups excluding carboxylic acids is 2. The summed E-state index contributed by atoms with van der Waals surface area (Å²) in [4.78, 5) is 33.7. The summed E-state index contributed by atoms with van der Waals surface area (Å²) < 4.78 is 5.26. The van der Waals surface area contributed by atoms with Crippen molar-refractivity contribution in [2.45, 2.75) is 45.3 Å². The summed E-state index contributed by atoms with van der Waals surface area (Å²) in [5, 5.41) is 4.07. The lowest BCUT2D eigenvalue weighted by Gasteiger charge is -2.40. The Labute approximate surface area is 194 Å². The molecule has 1 aliphatic heterocycles. The summed E-state index contributed by atoms with van der Waals surface area (Å²) in [5.74, 6) is 0.238. The lowest BCUT2D eigenvalue weighted by Crippen LogP contribution is -2.59. The van der Waals surface area contributed by atoms with Crippen LogP contribution in [0.3, 0.4) is 0 Å². The van der Waals surface area contributed by atoms with Crippen LogP contribution in [0.25, 0.3) is 10.9 Å². The fourth-order valence-electron chi connectivity index (χ4n) is 4.31. The Morgan fingerprint density at radius 2 is 1.76 bits per heavy atom. The van der Waals surface area contributed by atoms with Gasteiger partial charge in [0.1, 0.15) is 5.75 Å². The Kier molecular flexibility index (Phi) is 5.70. The first-order valence-corrected chi connectivity index (χ1v) is 11.0. The van der Waals surface area contributed by atoms with Crippen molar-refractivity contribution in [2.24, 2.45) is 0 Å². The third-order valence-electron chi connectivity index (χ3n) is 5.87. The van der Waals surface area contributed by atoms with Gasteiger partial charge in [-0.15, -0.1) is 0 Å². The molecular weight excluding hydrogens is 414 g/mol. The predicted octanol–water partition coefficient (Wildman–Crippen LogP) is 4.34. The molecule has 6 nitrogen and oxygen atoms in total. The highest BCUT2D eigenvalue weighted by Crippen LogP contribution is 2.42. The van der Waals surface area contributed by atoms with E-state index < -0.39 is 11.1 Å². The Hall–Kier alpha value is -3.67. The van der Waals surface area contributed by atoms with Crippen LogP contribution in [0.2, 0.25) is 0 Å². The summed E-state index contributed by atoms with van der Waals surface area (Å²) in [5.41, 5.74) is 0.990. The van der Waals surface area contributed by atoms with E-state index >= 15 is 0 Å². The molecule has 1 atom stereocenters. The predicted molar refractivity (Wildman–Crippen MR) is 129 cm³/mol. The van der Waals surface area contributed by atoms with Crippen molar-refractivity contribution in [1.82, 2.24) is 15.2 Å². The molecule has 0 saturated heterocycles. The quantitative estimate of drug-likeness (QED) is 0.637. The summed E-state index contributed by atoms with van der Waals surface area (Å²) >= 11 is 0. The van der Waals surface area contributed by atoms with E-state index in [-0.39, 0.29) is 18.4 Å². The Morgan fingerprint density at radius 1 is 1.06 bits per heavy atom. The number of para-hydroxylation sites is 1. The summed E-state index contributed by atoms with van der Waals surface area (Å²) in [7, 11) is 1.61. The first kappa shape index (κ1) is 22.5. The molecule has 0 bridgehead atoms. The number of pyridine rings is 1. The van der Waals surface area contributed by atoms with Gasteiger partial charge in [0.05, 0.1) is 18.3 Å². The average molecular weight is 444 g/mol. The molecule has 3 aromatic rings. The van der Waals surface area contributed by atoms with Gasteiger partial charge in [0.2, 0.25) is 5.91 Å². The molecule has 2 heterocycles. The number of carbonyl (C=O) groups is 2. The molecule has 4 rings (SSSR count).